The predicted octanol–water partition coefficient (Wildman–Crippen LogP) is 5.48. The molecule has 1 aliphatic rings. The Balaban J connectivity index is 1.81. The van der Waals surface area contributed by atoms with Gasteiger partial charge >= 0.3 is 0 Å². The Kier molecular flexibility index (Phi) is 4.53. The normalized spacial score (nSPS) is 20.6. The van der Waals surface area contributed by atoms with Gasteiger partial charge in [0, 0.05) is 34.0 Å². The van der Waals surface area contributed by atoms with E-state index in [9.17, 15) is 0 Å². The monoisotopic (exact) mass is 352 g/mol. The van der Waals surface area contributed by atoms with Crippen LogP contribution in [0, 0.1) is 5.92 Å². The van der Waals surface area contributed by atoms with Crippen molar-refractivity contribution in [3.05, 3.63) is 53.6 Å². The van der Waals surface area contributed by atoms with Crippen LogP contribution in [0.5, 0.6) is 0 Å². The lowest BCUT2D eigenvalue weighted by Gasteiger charge is -2.26. The van der Waals surface area contributed by atoms with E-state index >= 15 is 0 Å². The van der Waals surface area contributed by atoms with Gasteiger partial charge in [-0.2, -0.15) is 5.10 Å². The standard InChI is InChI=1S/C20H21ClN4/c1-13-2-4-14(5-3-13)19-18(17-10-11-22-12-23-17)20(25-24-19)15-6-8-16(21)9-7-15/h6-14H,2-5H2,1H3,(H,24,25). The highest BCUT2D eigenvalue weighted by Gasteiger charge is 2.27. The third-order valence-corrected chi connectivity index (χ3v) is 5.43. The molecule has 4 rings (SSSR count). The maximum Gasteiger partial charge on any atom is 0.116 e. The number of halogens is 1. The van der Waals surface area contributed by atoms with E-state index in [1.54, 1.807) is 12.5 Å². The van der Waals surface area contributed by atoms with E-state index in [0.717, 1.165) is 33.5 Å². The molecule has 1 saturated carbocycles. The van der Waals surface area contributed by atoms with Gasteiger partial charge in [-0.05, 0) is 37.0 Å². The first-order valence-corrected chi connectivity index (χ1v) is 9.20. The van der Waals surface area contributed by atoms with Crippen molar-refractivity contribution in [2.45, 2.75) is 38.5 Å². The van der Waals surface area contributed by atoms with Gasteiger partial charge in [-0.1, -0.05) is 43.5 Å². The Bertz CT molecular complexity index is 834. The molecule has 1 fully saturated rings. The SMILES string of the molecule is CC1CCC(c2[nH]nc(-c3ccc(Cl)cc3)c2-c2ccncn2)CC1. The van der Waals surface area contributed by atoms with Gasteiger partial charge in [0.15, 0.2) is 0 Å². The fourth-order valence-electron chi connectivity index (χ4n) is 3.71. The Morgan fingerprint density at radius 1 is 1.04 bits per heavy atom. The predicted molar refractivity (Wildman–Crippen MR) is 100 cm³/mol. The molecule has 1 aromatic carbocycles. The molecule has 0 atom stereocenters. The molecule has 3 aromatic rings. The van der Waals surface area contributed by atoms with Crippen molar-refractivity contribution in [2.24, 2.45) is 5.92 Å². The molecule has 0 spiro atoms. The molecular formula is C20H21ClN4. The van der Waals surface area contributed by atoms with Crippen LogP contribution in [0.2, 0.25) is 5.02 Å². The second kappa shape index (κ2) is 6.96. The topological polar surface area (TPSA) is 54.5 Å². The van der Waals surface area contributed by atoms with Crippen LogP contribution >= 0.6 is 11.6 Å². The molecule has 0 radical (unpaired) electrons. The number of rotatable bonds is 3. The summed E-state index contributed by atoms with van der Waals surface area (Å²) < 4.78 is 0. The molecule has 2 aromatic heterocycles. The Morgan fingerprint density at radius 2 is 1.80 bits per heavy atom. The zero-order chi connectivity index (χ0) is 17.2. The van der Waals surface area contributed by atoms with Crippen LogP contribution < -0.4 is 0 Å². The second-order valence-corrected chi connectivity index (χ2v) is 7.36. The summed E-state index contributed by atoms with van der Waals surface area (Å²) in [6.45, 7) is 2.34. The summed E-state index contributed by atoms with van der Waals surface area (Å²) in [6.07, 6.45) is 8.31. The molecule has 5 heteroatoms. The molecule has 2 heterocycles. The van der Waals surface area contributed by atoms with Gasteiger partial charge in [-0.3, -0.25) is 5.10 Å². The van der Waals surface area contributed by atoms with Gasteiger partial charge in [-0.15, -0.1) is 0 Å². The molecule has 4 nitrogen and oxygen atoms in total. The van der Waals surface area contributed by atoms with E-state index in [0.29, 0.717) is 5.92 Å². The maximum absolute atomic E-state index is 6.05. The van der Waals surface area contributed by atoms with Crippen LogP contribution in [0.1, 0.15) is 44.2 Å². The van der Waals surface area contributed by atoms with Crippen molar-refractivity contribution in [1.29, 1.82) is 0 Å². The largest absolute Gasteiger partial charge is 0.281 e. The van der Waals surface area contributed by atoms with Gasteiger partial charge in [0.05, 0.1) is 5.69 Å². The minimum Gasteiger partial charge on any atom is -0.281 e. The molecule has 25 heavy (non-hydrogen) atoms. The highest BCUT2D eigenvalue weighted by molar-refractivity contribution is 6.30. The van der Waals surface area contributed by atoms with Crippen molar-refractivity contribution in [3.8, 4) is 22.5 Å². The van der Waals surface area contributed by atoms with Crippen LogP contribution in [0.4, 0.5) is 0 Å². The van der Waals surface area contributed by atoms with E-state index in [4.69, 9.17) is 11.6 Å². The minimum absolute atomic E-state index is 0.509. The number of hydrogen-bond donors (Lipinski definition) is 1. The first kappa shape index (κ1) is 16.3. The molecule has 0 amide bonds. The number of aromatic nitrogens is 4. The third-order valence-electron chi connectivity index (χ3n) is 5.17. The van der Waals surface area contributed by atoms with Crippen LogP contribution in [-0.4, -0.2) is 20.2 Å². The maximum atomic E-state index is 6.05. The molecule has 0 unspecified atom stereocenters. The molecule has 1 aliphatic carbocycles. The lowest BCUT2D eigenvalue weighted by atomic mass is 9.80. The number of benzene rings is 1. The van der Waals surface area contributed by atoms with E-state index in [1.165, 1.54) is 31.4 Å². The van der Waals surface area contributed by atoms with Crippen LogP contribution in [0.25, 0.3) is 22.5 Å². The molecule has 128 valence electrons. The van der Waals surface area contributed by atoms with Crippen molar-refractivity contribution in [1.82, 2.24) is 20.2 Å². The fourth-order valence-corrected chi connectivity index (χ4v) is 3.84. The summed E-state index contributed by atoms with van der Waals surface area (Å²) in [5.41, 5.74) is 5.20. The lowest BCUT2D eigenvalue weighted by molar-refractivity contribution is 0.344. The molecule has 0 aliphatic heterocycles. The third kappa shape index (κ3) is 3.31. The van der Waals surface area contributed by atoms with E-state index in [-0.39, 0.29) is 0 Å². The second-order valence-electron chi connectivity index (χ2n) is 6.92. The summed E-state index contributed by atoms with van der Waals surface area (Å²) in [7, 11) is 0. The average Bonchev–Trinajstić information content (AvgIpc) is 3.09. The molecular weight excluding hydrogens is 332 g/mol. The minimum atomic E-state index is 0.509. The van der Waals surface area contributed by atoms with Crippen molar-refractivity contribution < 1.29 is 0 Å². The number of H-pyrrole nitrogens is 1. The van der Waals surface area contributed by atoms with Crippen LogP contribution in [0.3, 0.4) is 0 Å². The van der Waals surface area contributed by atoms with E-state index < -0.39 is 0 Å². The highest BCUT2D eigenvalue weighted by Crippen LogP contribution is 2.42. The summed E-state index contributed by atoms with van der Waals surface area (Å²) in [5.74, 6) is 1.33. The molecule has 0 saturated heterocycles. The summed E-state index contributed by atoms with van der Waals surface area (Å²) in [5, 5.41) is 8.71. The molecule has 0 bridgehead atoms. The van der Waals surface area contributed by atoms with Crippen molar-refractivity contribution in [2.75, 3.05) is 0 Å². The Labute approximate surface area is 152 Å². The lowest BCUT2D eigenvalue weighted by Crippen LogP contribution is -2.12. The van der Waals surface area contributed by atoms with Gasteiger partial charge in [0.25, 0.3) is 0 Å². The van der Waals surface area contributed by atoms with E-state index in [2.05, 4.69) is 27.1 Å². The van der Waals surface area contributed by atoms with Gasteiger partial charge in [-0.25, -0.2) is 9.97 Å². The highest BCUT2D eigenvalue weighted by atomic mass is 35.5. The smallest absolute Gasteiger partial charge is 0.116 e. The molecule has 1 N–H and O–H groups in total. The first-order valence-electron chi connectivity index (χ1n) is 8.83. The quantitative estimate of drug-likeness (QED) is 0.678. The first-order chi connectivity index (χ1) is 12.2. The zero-order valence-corrected chi connectivity index (χ0v) is 15.0. The number of nitrogens with zero attached hydrogens (tertiary/aromatic N) is 3. The number of nitrogens with one attached hydrogen (secondary N) is 1. The fraction of sp³-hybridized carbons (Fsp3) is 0.350. The van der Waals surface area contributed by atoms with Crippen molar-refractivity contribution >= 4 is 11.6 Å². The van der Waals surface area contributed by atoms with Crippen LogP contribution in [-0.2, 0) is 0 Å². The van der Waals surface area contributed by atoms with E-state index in [1.807, 2.05) is 30.3 Å². The number of hydrogen-bond acceptors (Lipinski definition) is 3. The van der Waals surface area contributed by atoms with Crippen molar-refractivity contribution in [3.63, 3.8) is 0 Å². The Hall–Kier alpha value is -2.20. The summed E-state index contributed by atoms with van der Waals surface area (Å²) in [6, 6.07) is 9.78. The van der Waals surface area contributed by atoms with Gasteiger partial charge < -0.3 is 0 Å². The van der Waals surface area contributed by atoms with Crippen LogP contribution in [0.15, 0.2) is 42.9 Å². The summed E-state index contributed by atoms with van der Waals surface area (Å²) in [4.78, 5) is 8.56. The average molecular weight is 353 g/mol. The van der Waals surface area contributed by atoms with Gasteiger partial charge in [0.2, 0.25) is 0 Å². The number of aromatic amines is 1. The summed E-state index contributed by atoms with van der Waals surface area (Å²) >= 11 is 6.05. The Morgan fingerprint density at radius 3 is 2.48 bits per heavy atom. The zero-order valence-electron chi connectivity index (χ0n) is 14.2. The van der Waals surface area contributed by atoms with Gasteiger partial charge in [0.1, 0.15) is 12.0 Å².